The summed E-state index contributed by atoms with van der Waals surface area (Å²) in [7, 11) is 2.35. The Morgan fingerprint density at radius 3 is 2.00 bits per heavy atom. The lowest BCUT2D eigenvalue weighted by atomic mass is 9.44. The number of carbonyl (C=O) groups excluding carboxylic acids is 7. The molecule has 3 N–H and O–H groups in total. The van der Waals surface area contributed by atoms with Crippen molar-refractivity contribution < 1.29 is 86.4 Å². The quantitative estimate of drug-likeness (QED) is 0.0376. The average molecular weight is 1160 g/mol. The second-order valence-corrected chi connectivity index (χ2v) is 23.4. The standard InChI is InChI=1S/C64H87NO18/c1-14-15-16-17-18-19-20-21-22-23-24-25-26-27-28-29-30-35-49(68)79-51(44(36-40(2)3)65-58(72)83-60(6,7)8)57(71)78-46-38-64(74)55(81-56(70)43-33-31-32-34-45(43)75-12)53-62(11,47(67)37-48-63(53,39-77-48)82-42(5)66)54(69)52(80-59(73)76-13)50(41(46)4)61(64,9)10/h15-16,18-19,21-22,24-25,27-28,31-34,36,44,46-48,51-53,55,67,74H,14,17,20,23,26,29-30,35,37-39H2,1-13H3,(H,65,72)/b16-15-,19-18-,22-21-,25-24-,28-27-/t44-,46-,47-,48+,51+,52+,53?,55-,62+,63-,64+/m0/s1. The van der Waals surface area contributed by atoms with Crippen LogP contribution in [0.4, 0.5) is 9.59 Å². The molecular weight excluding hydrogens is 1070 g/mol. The number of allylic oxidation sites excluding steroid dienone is 11. The SMILES string of the molecule is CC/C=C\C/C=C\C/C=C\C/C=C\C/C=C\CCCC(=O)O[C@@H](C(=O)O[C@H]1C[C@@]2(O)[C@@H](OC(=O)c3ccccc3OC)C3[C@](C)(C(=O)[C@H](OC(=O)OC)C(=C1C)C2(C)C)[C@@H](O)C[C@H]1OC[C@@]31OC(C)=O)[C@H](C=C(C)C)NC(=O)OC(C)(C)C. The summed E-state index contributed by atoms with van der Waals surface area (Å²) >= 11 is 0. The van der Waals surface area contributed by atoms with Crippen LogP contribution >= 0.6 is 0 Å². The zero-order chi connectivity index (χ0) is 61.5. The minimum atomic E-state index is -2.54. The molecule has 0 spiro atoms. The summed E-state index contributed by atoms with van der Waals surface area (Å²) in [6, 6.07) is 4.68. The van der Waals surface area contributed by atoms with Crippen LogP contribution < -0.4 is 10.1 Å². The average Bonchev–Trinajstić information content (AvgIpc) is 0.700. The Bertz CT molecular complexity index is 2720. The van der Waals surface area contributed by atoms with Gasteiger partial charge in [0.25, 0.3) is 0 Å². The molecule has 1 amide bonds. The molecule has 4 aliphatic rings. The number of nitrogens with one attached hydrogen (secondary N) is 1. The predicted molar refractivity (Wildman–Crippen MR) is 308 cm³/mol. The Balaban J connectivity index is 1.56. The maximum absolute atomic E-state index is 15.9. The van der Waals surface area contributed by atoms with Gasteiger partial charge in [-0.15, -0.1) is 0 Å². The van der Waals surface area contributed by atoms with Gasteiger partial charge in [-0.3, -0.25) is 14.4 Å². The first kappa shape index (κ1) is 67.0. The van der Waals surface area contributed by atoms with Gasteiger partial charge >= 0.3 is 36.1 Å². The summed E-state index contributed by atoms with van der Waals surface area (Å²) in [6.45, 7) is 17.1. The molecule has 83 heavy (non-hydrogen) atoms. The number of hydrogen-bond acceptors (Lipinski definition) is 18. The van der Waals surface area contributed by atoms with Crippen LogP contribution in [0.15, 0.2) is 108 Å². The van der Waals surface area contributed by atoms with Crippen molar-refractivity contribution in [2.24, 2.45) is 16.7 Å². The molecule has 1 saturated heterocycles. The number of esters is 4. The third-order valence-electron chi connectivity index (χ3n) is 15.8. The van der Waals surface area contributed by atoms with Crippen LogP contribution in [-0.4, -0.2) is 132 Å². The lowest BCUT2D eigenvalue weighted by Gasteiger charge is -2.67. The van der Waals surface area contributed by atoms with E-state index in [1.807, 2.05) is 18.2 Å². The molecule has 19 heteroatoms. The number of alkyl carbamates (subject to hydrolysis) is 1. The van der Waals surface area contributed by atoms with Gasteiger partial charge in [0.1, 0.15) is 40.8 Å². The van der Waals surface area contributed by atoms with Crippen molar-refractivity contribution in [3.05, 3.63) is 113 Å². The van der Waals surface area contributed by atoms with E-state index in [0.717, 1.165) is 39.7 Å². The molecule has 3 fully saturated rings. The van der Waals surface area contributed by atoms with Crippen molar-refractivity contribution in [1.82, 2.24) is 5.32 Å². The van der Waals surface area contributed by atoms with Crippen molar-refractivity contribution in [3.8, 4) is 5.75 Å². The first-order chi connectivity index (χ1) is 39.1. The van der Waals surface area contributed by atoms with Crippen LogP contribution in [-0.2, 0) is 57.1 Å². The van der Waals surface area contributed by atoms with Crippen LogP contribution in [0, 0.1) is 16.7 Å². The van der Waals surface area contributed by atoms with E-state index in [1.54, 1.807) is 46.8 Å². The van der Waals surface area contributed by atoms with Crippen molar-refractivity contribution in [2.45, 2.75) is 200 Å². The monoisotopic (exact) mass is 1160 g/mol. The van der Waals surface area contributed by atoms with Crippen molar-refractivity contribution in [1.29, 1.82) is 0 Å². The molecule has 1 aromatic rings. The van der Waals surface area contributed by atoms with E-state index in [1.165, 1.54) is 53.0 Å². The number of amides is 1. The second-order valence-electron chi connectivity index (χ2n) is 23.4. The Morgan fingerprint density at radius 2 is 1.46 bits per heavy atom. The van der Waals surface area contributed by atoms with Crippen LogP contribution in [0.3, 0.4) is 0 Å². The highest BCUT2D eigenvalue weighted by Gasteiger charge is 2.78. The van der Waals surface area contributed by atoms with E-state index in [0.29, 0.717) is 24.8 Å². The number of ketones is 1. The van der Waals surface area contributed by atoms with E-state index in [2.05, 4.69) is 54.8 Å². The summed E-state index contributed by atoms with van der Waals surface area (Å²) in [4.78, 5) is 100. The molecule has 1 heterocycles. The fourth-order valence-electron chi connectivity index (χ4n) is 11.6. The Kier molecular flexibility index (Phi) is 23.5. The number of hydrogen-bond donors (Lipinski definition) is 3. The number of rotatable bonds is 24. The number of unbranched alkanes of at least 4 members (excludes halogenated alkanes) is 1. The number of ether oxygens (including phenoxy) is 9. The van der Waals surface area contributed by atoms with Gasteiger partial charge < -0.3 is 58.2 Å². The highest BCUT2D eigenvalue weighted by Crippen LogP contribution is 2.64. The molecule has 5 rings (SSSR count). The Morgan fingerprint density at radius 1 is 0.855 bits per heavy atom. The van der Waals surface area contributed by atoms with Gasteiger partial charge in [-0.1, -0.05) is 105 Å². The number of fused-ring (bicyclic) bond motifs is 5. The highest BCUT2D eigenvalue weighted by molar-refractivity contribution is 5.96. The van der Waals surface area contributed by atoms with Crippen molar-refractivity contribution >= 4 is 41.9 Å². The van der Waals surface area contributed by atoms with E-state index in [4.69, 9.17) is 42.6 Å². The zero-order valence-electron chi connectivity index (χ0n) is 50.5. The number of benzene rings is 1. The van der Waals surface area contributed by atoms with Crippen LogP contribution in [0.25, 0.3) is 0 Å². The normalized spacial score (nSPS) is 27.3. The minimum absolute atomic E-state index is 0.0794. The number of carbonyl (C=O) groups is 7. The third-order valence-corrected chi connectivity index (χ3v) is 15.8. The molecule has 1 aliphatic heterocycles. The van der Waals surface area contributed by atoms with E-state index >= 15 is 9.59 Å². The number of Topliss-reactive ketones (excluding diaryl/α,β-unsaturated/α-hetero) is 1. The molecule has 0 radical (unpaired) electrons. The number of aliphatic hydroxyl groups excluding tert-OH is 1. The van der Waals surface area contributed by atoms with Gasteiger partial charge in [0.15, 0.2) is 17.5 Å². The van der Waals surface area contributed by atoms with Crippen LogP contribution in [0.5, 0.6) is 5.75 Å². The third kappa shape index (κ3) is 15.9. The maximum atomic E-state index is 15.9. The van der Waals surface area contributed by atoms with Crippen molar-refractivity contribution in [2.75, 3.05) is 20.8 Å². The Labute approximate surface area is 488 Å². The van der Waals surface area contributed by atoms with E-state index in [9.17, 15) is 34.2 Å². The summed E-state index contributed by atoms with van der Waals surface area (Å²) in [5.41, 5.74) is -8.95. The predicted octanol–water partition coefficient (Wildman–Crippen LogP) is 10.1. The number of aliphatic hydroxyl groups is 2. The smallest absolute Gasteiger partial charge is 0.496 e. The van der Waals surface area contributed by atoms with E-state index < -0.39 is 125 Å². The van der Waals surface area contributed by atoms with Gasteiger partial charge in [0, 0.05) is 31.6 Å². The molecule has 11 atom stereocenters. The van der Waals surface area contributed by atoms with Gasteiger partial charge in [-0.05, 0) is 117 Å². The minimum Gasteiger partial charge on any atom is -0.496 e. The topological polar surface area (TPSA) is 255 Å². The molecular formula is C64H87NO18. The fourth-order valence-corrected chi connectivity index (χ4v) is 11.6. The van der Waals surface area contributed by atoms with Gasteiger partial charge in [0.2, 0.25) is 6.10 Å². The van der Waals surface area contributed by atoms with Gasteiger partial charge in [-0.2, -0.15) is 0 Å². The number of para-hydroxylation sites is 1. The van der Waals surface area contributed by atoms with Crippen LogP contribution in [0.1, 0.15) is 151 Å². The summed E-state index contributed by atoms with van der Waals surface area (Å²) in [6.07, 6.45) is 13.8. The zero-order valence-corrected chi connectivity index (χ0v) is 50.5. The number of methoxy groups -OCH3 is 2. The maximum Gasteiger partial charge on any atom is 0.509 e. The lowest BCUT2D eigenvalue weighted by Crippen LogP contribution is -2.82. The molecule has 456 valence electrons. The lowest BCUT2D eigenvalue weighted by molar-refractivity contribution is -0.346. The summed E-state index contributed by atoms with van der Waals surface area (Å²) in [5.74, 6) is -6.49. The van der Waals surface area contributed by atoms with Crippen molar-refractivity contribution in [3.63, 3.8) is 0 Å². The fraction of sp³-hybridized carbons (Fsp3) is 0.578. The first-order valence-electron chi connectivity index (χ1n) is 28.5. The molecule has 3 aliphatic carbocycles. The summed E-state index contributed by atoms with van der Waals surface area (Å²) in [5, 5.41) is 29.0. The molecule has 19 nitrogen and oxygen atoms in total. The van der Waals surface area contributed by atoms with Gasteiger partial charge in [-0.25, -0.2) is 19.2 Å². The molecule has 0 aromatic heterocycles. The van der Waals surface area contributed by atoms with E-state index in [-0.39, 0.29) is 41.9 Å². The van der Waals surface area contributed by atoms with Gasteiger partial charge in [0.05, 0.1) is 44.3 Å². The molecule has 1 unspecified atom stereocenters. The molecule has 2 bridgehead atoms. The largest absolute Gasteiger partial charge is 0.509 e. The second kappa shape index (κ2) is 29.1. The Hall–Kier alpha value is -6.83. The molecule has 1 aromatic carbocycles. The first-order valence-corrected chi connectivity index (χ1v) is 28.5. The van der Waals surface area contributed by atoms with Crippen LogP contribution in [0.2, 0.25) is 0 Å². The summed E-state index contributed by atoms with van der Waals surface area (Å²) < 4.78 is 52.9. The highest BCUT2D eigenvalue weighted by atomic mass is 16.7. The molecule has 2 saturated carbocycles.